The van der Waals surface area contributed by atoms with E-state index in [0.29, 0.717) is 0 Å². The lowest BCUT2D eigenvalue weighted by molar-refractivity contribution is -0.143. The van der Waals surface area contributed by atoms with E-state index < -0.39 is 11.9 Å². The van der Waals surface area contributed by atoms with Crippen LogP contribution in [-0.2, 0) is 20.9 Å². The average molecular weight is 344 g/mol. The molecule has 1 saturated carbocycles. The van der Waals surface area contributed by atoms with Gasteiger partial charge in [-0.15, -0.1) is 0 Å². The molecule has 2 N–H and O–H groups in total. The first kappa shape index (κ1) is 17.1. The predicted molar refractivity (Wildman–Crippen MR) is 87.4 cm³/mol. The van der Waals surface area contributed by atoms with Crippen molar-refractivity contribution in [2.24, 2.45) is 11.8 Å². The Morgan fingerprint density at radius 1 is 1.04 bits per heavy atom. The topological polar surface area (TPSA) is 104 Å². The van der Waals surface area contributed by atoms with Gasteiger partial charge in [-0.25, -0.2) is 4.79 Å². The number of imide groups is 1. The zero-order chi connectivity index (χ0) is 18.0. The Morgan fingerprint density at radius 2 is 1.60 bits per heavy atom. The first-order valence-electron chi connectivity index (χ1n) is 8.41. The van der Waals surface area contributed by atoms with Crippen molar-refractivity contribution >= 4 is 23.7 Å². The number of carboxylic acids is 1. The standard InChI is InChI=1S/C18H20N2O5/c21-15(19-9-11-5-7-12(8-6-11)18(24)25)10-20-16(22)13-3-1-2-4-14(13)17(20)23/h5-8,13-14H,1-4,9-10H2,(H,19,21)(H,24,25). The van der Waals surface area contributed by atoms with Gasteiger partial charge < -0.3 is 10.4 Å². The van der Waals surface area contributed by atoms with Crippen LogP contribution in [0.1, 0.15) is 41.6 Å². The van der Waals surface area contributed by atoms with Crippen LogP contribution in [0.5, 0.6) is 0 Å². The Kier molecular flexibility index (Phi) is 4.83. The summed E-state index contributed by atoms with van der Waals surface area (Å²) in [5, 5.41) is 11.5. The molecule has 1 heterocycles. The number of rotatable bonds is 5. The SMILES string of the molecule is O=C(CN1C(=O)C2CCCCC2C1=O)NCc1ccc(C(=O)O)cc1. The van der Waals surface area contributed by atoms with Crippen molar-refractivity contribution in [2.75, 3.05) is 6.54 Å². The van der Waals surface area contributed by atoms with Crippen LogP contribution in [0, 0.1) is 11.8 Å². The summed E-state index contributed by atoms with van der Waals surface area (Å²) >= 11 is 0. The average Bonchev–Trinajstić information content (AvgIpc) is 2.86. The third-order valence-corrected chi connectivity index (χ3v) is 4.92. The number of carbonyl (C=O) groups excluding carboxylic acids is 3. The molecule has 2 unspecified atom stereocenters. The van der Waals surface area contributed by atoms with Gasteiger partial charge in [0.25, 0.3) is 0 Å². The fraction of sp³-hybridized carbons (Fsp3) is 0.444. The third kappa shape index (κ3) is 3.55. The number of aromatic carboxylic acids is 1. The minimum absolute atomic E-state index is 0.172. The first-order valence-corrected chi connectivity index (χ1v) is 8.41. The zero-order valence-corrected chi connectivity index (χ0v) is 13.7. The van der Waals surface area contributed by atoms with Gasteiger partial charge in [0.2, 0.25) is 17.7 Å². The third-order valence-electron chi connectivity index (χ3n) is 4.92. The second-order valence-electron chi connectivity index (χ2n) is 6.54. The number of nitrogens with one attached hydrogen (secondary N) is 1. The van der Waals surface area contributed by atoms with Crippen molar-refractivity contribution in [1.82, 2.24) is 10.2 Å². The lowest BCUT2D eigenvalue weighted by Gasteiger charge is -2.19. The van der Waals surface area contributed by atoms with E-state index in [2.05, 4.69) is 5.32 Å². The van der Waals surface area contributed by atoms with Gasteiger partial charge in [-0.2, -0.15) is 0 Å². The maximum atomic E-state index is 12.3. The van der Waals surface area contributed by atoms with Crippen LogP contribution in [0.25, 0.3) is 0 Å². The molecule has 2 fully saturated rings. The molecule has 1 aliphatic heterocycles. The number of amides is 3. The summed E-state index contributed by atoms with van der Waals surface area (Å²) in [5.41, 5.74) is 0.914. The van der Waals surface area contributed by atoms with E-state index in [1.807, 2.05) is 0 Å². The smallest absolute Gasteiger partial charge is 0.335 e. The summed E-state index contributed by atoms with van der Waals surface area (Å²) in [6.45, 7) is -0.0420. The number of hydrogen-bond acceptors (Lipinski definition) is 4. The molecule has 0 bridgehead atoms. The molecule has 1 aromatic rings. The van der Waals surface area contributed by atoms with Crippen LogP contribution in [0.4, 0.5) is 0 Å². The molecule has 0 radical (unpaired) electrons. The van der Waals surface area contributed by atoms with Crippen LogP contribution in [-0.4, -0.2) is 40.2 Å². The Labute approximate surface area is 145 Å². The minimum Gasteiger partial charge on any atom is -0.478 e. The van der Waals surface area contributed by atoms with Crippen molar-refractivity contribution in [3.8, 4) is 0 Å². The highest BCUT2D eigenvalue weighted by Crippen LogP contribution is 2.37. The van der Waals surface area contributed by atoms with E-state index in [1.54, 1.807) is 12.1 Å². The number of fused-ring (bicyclic) bond motifs is 1. The van der Waals surface area contributed by atoms with Gasteiger partial charge in [-0.3, -0.25) is 19.3 Å². The molecule has 1 saturated heterocycles. The number of likely N-dealkylation sites (tertiary alicyclic amines) is 1. The molecular weight excluding hydrogens is 324 g/mol. The molecule has 2 atom stereocenters. The minimum atomic E-state index is -1.01. The fourth-order valence-corrected chi connectivity index (χ4v) is 3.55. The Morgan fingerprint density at radius 3 is 2.12 bits per heavy atom. The van der Waals surface area contributed by atoms with Gasteiger partial charge in [0.15, 0.2) is 0 Å². The van der Waals surface area contributed by atoms with E-state index in [0.717, 1.165) is 36.1 Å². The van der Waals surface area contributed by atoms with E-state index in [9.17, 15) is 19.2 Å². The van der Waals surface area contributed by atoms with Gasteiger partial charge in [0.1, 0.15) is 6.54 Å². The highest BCUT2D eigenvalue weighted by Gasteiger charge is 2.48. The highest BCUT2D eigenvalue weighted by atomic mass is 16.4. The largest absolute Gasteiger partial charge is 0.478 e. The van der Waals surface area contributed by atoms with E-state index in [4.69, 9.17) is 5.11 Å². The molecule has 0 aromatic heterocycles. The number of hydrogen-bond donors (Lipinski definition) is 2. The molecule has 132 valence electrons. The predicted octanol–water partition coefficient (Wildman–Crippen LogP) is 1.18. The van der Waals surface area contributed by atoms with Crippen molar-refractivity contribution in [3.05, 3.63) is 35.4 Å². The Balaban J connectivity index is 1.54. The summed E-state index contributed by atoms with van der Waals surface area (Å²) in [6.07, 6.45) is 3.35. The molecule has 3 amide bonds. The summed E-state index contributed by atoms with van der Waals surface area (Å²) in [4.78, 5) is 48.6. The number of carboxylic acid groups (broad SMARTS) is 1. The quantitative estimate of drug-likeness (QED) is 0.781. The summed E-state index contributed by atoms with van der Waals surface area (Å²) in [5.74, 6) is -2.37. The molecule has 1 aliphatic carbocycles. The second kappa shape index (κ2) is 7.04. The second-order valence-corrected chi connectivity index (χ2v) is 6.54. The molecule has 1 aromatic carbocycles. The molecule has 0 spiro atoms. The van der Waals surface area contributed by atoms with E-state index >= 15 is 0 Å². The van der Waals surface area contributed by atoms with Gasteiger partial charge in [-0.1, -0.05) is 25.0 Å². The van der Waals surface area contributed by atoms with Crippen molar-refractivity contribution in [1.29, 1.82) is 0 Å². The Hall–Kier alpha value is -2.70. The van der Waals surface area contributed by atoms with Crippen LogP contribution in [0.15, 0.2) is 24.3 Å². The summed E-state index contributed by atoms with van der Waals surface area (Å²) in [6, 6.07) is 6.15. The first-order chi connectivity index (χ1) is 12.0. The summed E-state index contributed by atoms with van der Waals surface area (Å²) < 4.78 is 0. The maximum absolute atomic E-state index is 12.3. The molecule has 7 nitrogen and oxygen atoms in total. The molecule has 2 aliphatic rings. The monoisotopic (exact) mass is 344 g/mol. The molecular formula is C18H20N2O5. The number of nitrogens with zero attached hydrogens (tertiary/aromatic N) is 1. The highest BCUT2D eigenvalue weighted by molar-refractivity contribution is 6.07. The van der Waals surface area contributed by atoms with Gasteiger partial charge in [-0.05, 0) is 30.5 Å². The zero-order valence-electron chi connectivity index (χ0n) is 13.7. The Bertz CT molecular complexity index is 689. The van der Waals surface area contributed by atoms with Crippen molar-refractivity contribution in [3.63, 3.8) is 0 Å². The van der Waals surface area contributed by atoms with E-state index in [-0.39, 0.29) is 42.3 Å². The fourth-order valence-electron chi connectivity index (χ4n) is 3.55. The van der Waals surface area contributed by atoms with Crippen LogP contribution < -0.4 is 5.32 Å². The van der Waals surface area contributed by atoms with Crippen LogP contribution in [0.3, 0.4) is 0 Å². The molecule has 25 heavy (non-hydrogen) atoms. The van der Waals surface area contributed by atoms with Gasteiger partial charge in [0.05, 0.1) is 17.4 Å². The lowest BCUT2D eigenvalue weighted by atomic mass is 9.81. The van der Waals surface area contributed by atoms with Gasteiger partial charge >= 0.3 is 5.97 Å². The lowest BCUT2D eigenvalue weighted by Crippen LogP contribution is -2.40. The van der Waals surface area contributed by atoms with Crippen molar-refractivity contribution in [2.45, 2.75) is 32.2 Å². The molecule has 3 rings (SSSR count). The number of carbonyl (C=O) groups is 4. The normalized spacial score (nSPS) is 22.6. The molecule has 7 heteroatoms. The summed E-state index contributed by atoms with van der Waals surface area (Å²) in [7, 11) is 0. The van der Waals surface area contributed by atoms with Gasteiger partial charge in [0, 0.05) is 6.54 Å². The van der Waals surface area contributed by atoms with Crippen LogP contribution >= 0.6 is 0 Å². The number of benzene rings is 1. The van der Waals surface area contributed by atoms with E-state index in [1.165, 1.54) is 12.1 Å². The van der Waals surface area contributed by atoms with Crippen molar-refractivity contribution < 1.29 is 24.3 Å². The van der Waals surface area contributed by atoms with Crippen LogP contribution in [0.2, 0.25) is 0 Å². The maximum Gasteiger partial charge on any atom is 0.335 e.